The Hall–Kier alpha value is -1.73. The second kappa shape index (κ2) is 5.72. The van der Waals surface area contributed by atoms with Crippen LogP contribution in [-0.2, 0) is 0 Å². The van der Waals surface area contributed by atoms with E-state index >= 15 is 0 Å². The van der Waals surface area contributed by atoms with Gasteiger partial charge < -0.3 is 5.32 Å². The van der Waals surface area contributed by atoms with Gasteiger partial charge in [-0.2, -0.15) is 0 Å². The first-order valence-electron chi connectivity index (χ1n) is 5.24. The van der Waals surface area contributed by atoms with E-state index in [4.69, 9.17) is 11.6 Å². The number of nitrogens with zero attached hydrogens (tertiary/aromatic N) is 1. The summed E-state index contributed by atoms with van der Waals surface area (Å²) in [4.78, 5) is 10.2. The quantitative estimate of drug-likeness (QED) is 0.472. The summed E-state index contributed by atoms with van der Waals surface area (Å²) in [6.45, 7) is 0. The SMILES string of the molecule is O=[N+]([O-])c1c(Cl)cccc1Nc1cc(F)c(Br)cc1F. The zero-order chi connectivity index (χ0) is 14.9. The minimum absolute atomic E-state index is 0.0249. The Bertz CT molecular complexity index is 697. The van der Waals surface area contributed by atoms with E-state index in [0.29, 0.717) is 0 Å². The van der Waals surface area contributed by atoms with Gasteiger partial charge in [0.1, 0.15) is 22.3 Å². The molecule has 20 heavy (non-hydrogen) atoms. The van der Waals surface area contributed by atoms with Gasteiger partial charge in [-0.05, 0) is 34.1 Å². The molecule has 0 bridgehead atoms. The Morgan fingerprint density at radius 2 is 1.90 bits per heavy atom. The molecule has 0 fully saturated rings. The van der Waals surface area contributed by atoms with E-state index in [1.54, 1.807) is 0 Å². The lowest BCUT2D eigenvalue weighted by Gasteiger charge is -2.09. The zero-order valence-corrected chi connectivity index (χ0v) is 12.0. The topological polar surface area (TPSA) is 55.2 Å². The number of nitro groups is 1. The fourth-order valence-electron chi connectivity index (χ4n) is 1.57. The van der Waals surface area contributed by atoms with Crippen molar-refractivity contribution in [2.45, 2.75) is 0 Å². The van der Waals surface area contributed by atoms with Gasteiger partial charge in [-0.15, -0.1) is 0 Å². The Kier molecular flexibility index (Phi) is 4.20. The monoisotopic (exact) mass is 362 g/mol. The van der Waals surface area contributed by atoms with Crippen molar-refractivity contribution in [3.63, 3.8) is 0 Å². The number of para-hydroxylation sites is 1. The highest BCUT2D eigenvalue weighted by molar-refractivity contribution is 9.10. The van der Waals surface area contributed by atoms with Gasteiger partial charge in [0.2, 0.25) is 0 Å². The smallest absolute Gasteiger partial charge is 0.311 e. The summed E-state index contributed by atoms with van der Waals surface area (Å²) < 4.78 is 27.0. The molecular weight excluding hydrogens is 357 g/mol. The van der Waals surface area contributed by atoms with Crippen LogP contribution in [0.3, 0.4) is 0 Å². The lowest BCUT2D eigenvalue weighted by molar-refractivity contribution is -0.383. The summed E-state index contributed by atoms with van der Waals surface area (Å²) in [6.07, 6.45) is 0. The van der Waals surface area contributed by atoms with Crippen LogP contribution in [0.25, 0.3) is 0 Å². The minimum atomic E-state index is -0.757. The molecule has 2 aromatic carbocycles. The molecule has 0 aromatic heterocycles. The Labute approximate surface area is 125 Å². The number of hydrogen-bond donors (Lipinski definition) is 1. The maximum atomic E-state index is 13.7. The molecule has 0 aliphatic heterocycles. The lowest BCUT2D eigenvalue weighted by atomic mass is 10.2. The number of anilines is 2. The summed E-state index contributed by atoms with van der Waals surface area (Å²) in [5, 5.41) is 13.3. The average Bonchev–Trinajstić information content (AvgIpc) is 2.35. The highest BCUT2D eigenvalue weighted by atomic mass is 79.9. The number of benzene rings is 2. The minimum Gasteiger partial charge on any atom is -0.347 e. The number of nitrogens with one attached hydrogen (secondary N) is 1. The van der Waals surface area contributed by atoms with Crippen LogP contribution in [0, 0.1) is 21.7 Å². The molecule has 0 radical (unpaired) electrons. The van der Waals surface area contributed by atoms with Crippen molar-refractivity contribution in [2.75, 3.05) is 5.32 Å². The van der Waals surface area contributed by atoms with Crippen LogP contribution in [0.2, 0.25) is 5.02 Å². The van der Waals surface area contributed by atoms with Gasteiger partial charge in [0, 0.05) is 6.07 Å². The molecule has 0 saturated carbocycles. The third-order valence-electron chi connectivity index (χ3n) is 2.45. The van der Waals surface area contributed by atoms with Crippen molar-refractivity contribution in [3.05, 3.63) is 61.6 Å². The van der Waals surface area contributed by atoms with Gasteiger partial charge in [0.25, 0.3) is 0 Å². The zero-order valence-electron chi connectivity index (χ0n) is 9.66. The van der Waals surface area contributed by atoms with E-state index in [0.717, 1.165) is 12.1 Å². The average molecular weight is 364 g/mol. The number of halogens is 4. The molecule has 1 N–H and O–H groups in total. The van der Waals surface area contributed by atoms with Gasteiger partial charge in [0.05, 0.1) is 15.1 Å². The number of nitro benzene ring substituents is 1. The summed E-state index contributed by atoms with van der Waals surface area (Å²) in [5.74, 6) is -1.45. The lowest BCUT2D eigenvalue weighted by Crippen LogP contribution is -2.00. The highest BCUT2D eigenvalue weighted by Gasteiger charge is 2.19. The molecule has 0 atom stereocenters. The molecule has 0 aliphatic rings. The molecular formula is C12H6BrClF2N2O2. The van der Waals surface area contributed by atoms with Crippen LogP contribution in [-0.4, -0.2) is 4.92 Å². The summed E-state index contributed by atoms with van der Waals surface area (Å²) >= 11 is 8.57. The van der Waals surface area contributed by atoms with Crippen LogP contribution in [0.15, 0.2) is 34.8 Å². The van der Waals surface area contributed by atoms with Crippen LogP contribution < -0.4 is 5.32 Å². The van der Waals surface area contributed by atoms with Crippen molar-refractivity contribution < 1.29 is 13.7 Å². The molecule has 0 spiro atoms. The maximum absolute atomic E-state index is 13.7. The van der Waals surface area contributed by atoms with Crippen LogP contribution in [0.5, 0.6) is 0 Å². The van der Waals surface area contributed by atoms with E-state index in [-0.39, 0.29) is 20.9 Å². The van der Waals surface area contributed by atoms with Crippen LogP contribution in [0.4, 0.5) is 25.8 Å². The fourth-order valence-corrected chi connectivity index (χ4v) is 2.12. The fraction of sp³-hybridized carbons (Fsp3) is 0. The van der Waals surface area contributed by atoms with Gasteiger partial charge >= 0.3 is 5.69 Å². The van der Waals surface area contributed by atoms with Crippen LogP contribution >= 0.6 is 27.5 Å². The second-order valence-electron chi connectivity index (χ2n) is 3.76. The van der Waals surface area contributed by atoms with Crippen molar-refractivity contribution in [3.8, 4) is 0 Å². The third kappa shape index (κ3) is 2.88. The Balaban J connectivity index is 2.48. The largest absolute Gasteiger partial charge is 0.347 e. The highest BCUT2D eigenvalue weighted by Crippen LogP contribution is 2.35. The van der Waals surface area contributed by atoms with E-state index < -0.39 is 22.2 Å². The summed E-state index contributed by atoms with van der Waals surface area (Å²) in [6, 6.07) is 5.97. The molecule has 0 amide bonds. The standard InChI is InChI=1S/C12H6BrClF2N2O2/c13-6-4-9(16)11(5-8(6)15)17-10-3-1-2-7(14)12(10)18(19)20/h1-5,17H. The van der Waals surface area contributed by atoms with Gasteiger partial charge in [0.15, 0.2) is 0 Å². The predicted octanol–water partition coefficient (Wildman–Crippen LogP) is 5.03. The molecule has 0 aliphatic carbocycles. The van der Waals surface area contributed by atoms with Crippen molar-refractivity contribution >= 4 is 44.6 Å². The molecule has 0 heterocycles. The first-order valence-corrected chi connectivity index (χ1v) is 6.41. The van der Waals surface area contributed by atoms with Gasteiger partial charge in [-0.1, -0.05) is 17.7 Å². The summed E-state index contributed by atoms with van der Waals surface area (Å²) in [5.41, 5.74) is -0.656. The van der Waals surface area contributed by atoms with Crippen molar-refractivity contribution in [1.29, 1.82) is 0 Å². The van der Waals surface area contributed by atoms with Crippen LogP contribution in [0.1, 0.15) is 0 Å². The molecule has 4 nitrogen and oxygen atoms in total. The molecule has 8 heteroatoms. The number of rotatable bonds is 3. The van der Waals surface area contributed by atoms with Crippen molar-refractivity contribution in [1.82, 2.24) is 0 Å². The van der Waals surface area contributed by atoms with E-state index in [1.807, 2.05) is 0 Å². The van der Waals surface area contributed by atoms with E-state index in [1.165, 1.54) is 18.2 Å². The molecule has 0 saturated heterocycles. The van der Waals surface area contributed by atoms with E-state index in [9.17, 15) is 18.9 Å². The summed E-state index contributed by atoms with van der Waals surface area (Å²) in [7, 11) is 0. The van der Waals surface area contributed by atoms with Gasteiger partial charge in [-0.3, -0.25) is 10.1 Å². The molecule has 104 valence electrons. The third-order valence-corrected chi connectivity index (χ3v) is 3.36. The van der Waals surface area contributed by atoms with Gasteiger partial charge in [-0.25, -0.2) is 8.78 Å². The normalized spacial score (nSPS) is 10.4. The first-order chi connectivity index (χ1) is 9.40. The second-order valence-corrected chi connectivity index (χ2v) is 5.03. The first kappa shape index (κ1) is 14.7. The predicted molar refractivity (Wildman–Crippen MR) is 75.4 cm³/mol. The molecule has 0 unspecified atom stereocenters. The number of hydrogen-bond acceptors (Lipinski definition) is 3. The Morgan fingerprint density at radius 1 is 1.20 bits per heavy atom. The maximum Gasteiger partial charge on any atom is 0.311 e. The van der Waals surface area contributed by atoms with E-state index in [2.05, 4.69) is 21.2 Å². The van der Waals surface area contributed by atoms with Crippen molar-refractivity contribution in [2.24, 2.45) is 0 Å². The molecule has 2 aromatic rings. The molecule has 2 rings (SSSR count). The Morgan fingerprint density at radius 3 is 2.55 bits per heavy atom.